The van der Waals surface area contributed by atoms with Gasteiger partial charge in [0.25, 0.3) is 63.2 Å². The molecule has 1 saturated carbocycles. The van der Waals surface area contributed by atoms with Gasteiger partial charge in [-0.3, -0.25) is 98.2 Å². The minimum Gasteiger partial charge on any atom is -0.497 e. The van der Waals surface area contributed by atoms with Crippen molar-refractivity contribution in [3.8, 4) is 17.2 Å². The van der Waals surface area contributed by atoms with Gasteiger partial charge >= 0.3 is 0 Å². The van der Waals surface area contributed by atoms with Gasteiger partial charge < -0.3 is 32.8 Å². The van der Waals surface area contributed by atoms with Gasteiger partial charge in [-0.1, -0.05) is 123 Å². The molecule has 10 aromatic carbocycles. The van der Waals surface area contributed by atoms with Crippen LogP contribution in [0.25, 0.3) is 76.0 Å². The predicted molar refractivity (Wildman–Crippen MR) is 501 cm³/mol. The number of amides is 7. The van der Waals surface area contributed by atoms with E-state index in [0.717, 1.165) is 74.7 Å². The van der Waals surface area contributed by atoms with Crippen LogP contribution >= 0.6 is 0 Å². The van der Waals surface area contributed by atoms with Crippen LogP contribution in [0, 0.1) is 5.92 Å². The van der Waals surface area contributed by atoms with Crippen LogP contribution in [-0.4, -0.2) is 126 Å². The van der Waals surface area contributed by atoms with E-state index in [0.29, 0.717) is 81.8 Å². The number of carbonyl (C=O) groups excluding carboxylic acids is 8. The maximum absolute atomic E-state index is 12.8. The number of Topliss-reactive ketones (excluding diaryl/α,β-unsaturated/α-hetero) is 1. The fourth-order valence-electron chi connectivity index (χ4n) is 16.0. The Labute approximate surface area is 762 Å². The Kier molecular flexibility index (Phi) is 31.9. The summed E-state index contributed by atoms with van der Waals surface area (Å²) < 4.78 is 19.0. The number of hydroxylamine groups is 5. The number of aliphatic hydroxyl groups is 1. The third-order valence-electron chi connectivity index (χ3n) is 23.2. The molecule has 0 unspecified atom stereocenters. The van der Waals surface area contributed by atoms with E-state index >= 15 is 0 Å². The summed E-state index contributed by atoms with van der Waals surface area (Å²) in [5.74, 6) is -2.11. The van der Waals surface area contributed by atoms with E-state index in [2.05, 4.69) is 34.6 Å². The molecule has 6 heterocycles. The first-order valence-corrected chi connectivity index (χ1v) is 42.8. The number of benzene rings is 10. The lowest BCUT2D eigenvalue weighted by molar-refractivity contribution is -0.119. The summed E-state index contributed by atoms with van der Waals surface area (Å²) in [5.41, 5.74) is 14.4. The number of imide groups is 1. The normalized spacial score (nSPS) is 12.4. The maximum Gasteiger partial charge on any atom is 0.274 e. The summed E-state index contributed by atoms with van der Waals surface area (Å²) in [7, 11) is 3.22. The molecule has 0 bridgehead atoms. The van der Waals surface area contributed by atoms with Crippen LogP contribution < -0.4 is 70.0 Å². The van der Waals surface area contributed by atoms with Gasteiger partial charge in [0, 0.05) is 118 Å². The second-order valence-corrected chi connectivity index (χ2v) is 31.6. The molecular weight excluding hydrogens is 1720 g/mol. The highest BCUT2D eigenvalue weighted by Gasteiger charge is 2.25. The van der Waals surface area contributed by atoms with Gasteiger partial charge in [-0.25, -0.2) is 32.4 Å². The molecule has 0 radical (unpaired) electrons. The second kappa shape index (κ2) is 44.8. The molecule has 1 aliphatic heterocycles. The molecule has 33 heteroatoms. The lowest BCUT2D eigenvalue weighted by Crippen LogP contribution is -2.37. The van der Waals surface area contributed by atoms with Crippen LogP contribution in [0.4, 0.5) is 0 Å². The number of ether oxygens (including phenoxy) is 2. The van der Waals surface area contributed by atoms with E-state index in [-0.39, 0.29) is 67.8 Å². The number of hydrogen-bond donors (Lipinski definition) is 12. The number of carbonyl (C=O) groups is 8. The molecule has 12 N–H and O–H groups in total. The molecule has 33 nitrogen and oxygen atoms in total. The van der Waals surface area contributed by atoms with Crippen molar-refractivity contribution in [1.29, 1.82) is 0 Å². The summed E-state index contributed by atoms with van der Waals surface area (Å²) in [6, 6.07) is 64.8. The highest BCUT2D eigenvalue weighted by atomic mass is 16.5. The Balaban J connectivity index is 0.000000138. The number of nitrogens with one attached hydrogen (secondary N) is 6. The van der Waals surface area contributed by atoms with Crippen LogP contribution in [0.5, 0.6) is 11.5 Å². The third kappa shape index (κ3) is 23.1. The molecule has 0 atom stereocenters. The monoisotopic (exact) mass is 1810 g/mol. The van der Waals surface area contributed by atoms with Gasteiger partial charge in [0.05, 0.1) is 37.4 Å². The zero-order valence-electron chi connectivity index (χ0n) is 72.7. The van der Waals surface area contributed by atoms with E-state index < -0.39 is 48.0 Å². The number of aryl methyl sites for hydroxylation is 4. The van der Waals surface area contributed by atoms with Crippen molar-refractivity contribution >= 4 is 117 Å². The van der Waals surface area contributed by atoms with Crippen molar-refractivity contribution in [2.45, 2.75) is 90.3 Å². The molecule has 2 aliphatic carbocycles. The molecule has 0 saturated heterocycles. The average molecular weight is 1810 g/mol. The summed E-state index contributed by atoms with van der Waals surface area (Å²) in [4.78, 5) is 158. The molecule has 134 heavy (non-hydrogen) atoms. The lowest BCUT2D eigenvalue weighted by atomic mass is 9.86. The molecule has 1 fully saturated rings. The Morgan fingerprint density at radius 3 is 1.46 bits per heavy atom. The maximum atomic E-state index is 12.8. The summed E-state index contributed by atoms with van der Waals surface area (Å²) >= 11 is 0. The van der Waals surface area contributed by atoms with E-state index in [9.17, 15) is 62.3 Å². The topological polar surface area (TPSA) is 471 Å². The number of aromatic nitrogens is 6. The molecule has 3 aliphatic rings. The number of allylic oxidation sites excluding steroid dienone is 2. The number of nitrogens with zero attached hydrogens (tertiary/aromatic N) is 6. The summed E-state index contributed by atoms with van der Waals surface area (Å²) in [6.07, 6.45) is 22.0. The highest BCUT2D eigenvalue weighted by Crippen LogP contribution is 2.32. The number of methoxy groups -OCH3 is 1. The predicted octanol–water partition coefficient (Wildman–Crippen LogP) is 12.2. The number of hydrogen-bond acceptors (Lipinski definition) is 22. The molecule has 684 valence electrons. The largest absolute Gasteiger partial charge is 0.497 e. The fraction of sp³-hybridized carbons (Fsp3) is 0.188. The first-order valence-electron chi connectivity index (χ1n) is 42.8. The van der Waals surface area contributed by atoms with Gasteiger partial charge in [-0.15, -0.1) is 0 Å². The van der Waals surface area contributed by atoms with Crippen LogP contribution in [-0.2, 0) is 44.3 Å². The van der Waals surface area contributed by atoms with Gasteiger partial charge in [0.1, 0.15) is 18.1 Å². The van der Waals surface area contributed by atoms with Gasteiger partial charge in [0.2, 0.25) is 5.91 Å². The van der Waals surface area contributed by atoms with Gasteiger partial charge in [-0.05, 0) is 232 Å². The Bertz CT molecular complexity index is 7360. The number of aliphatic hydroxyl groups excluding tert-OH is 1. The highest BCUT2D eigenvalue weighted by molar-refractivity contribution is 6.11. The lowest BCUT2D eigenvalue weighted by Gasteiger charge is -2.21. The summed E-state index contributed by atoms with van der Waals surface area (Å²) in [6.45, 7) is 1.68. The van der Waals surface area contributed by atoms with E-state index in [1.54, 1.807) is 130 Å². The fourth-order valence-corrected chi connectivity index (χ4v) is 16.0. The van der Waals surface area contributed by atoms with Crippen molar-refractivity contribution in [2.75, 3.05) is 20.3 Å². The molecule has 15 aromatic rings. The SMILES string of the molecule is COc1ccc2cc(OCCCn3ccc4ccc(C(=O)NO)cc4c3=O)ccc2c1.Cn1cnc2ccc(C(=O)NO)cc2c1=O.O=C(CO)c1ccc2ccn(CCC3=CCc4ccccc43)c(=O)c2c1.O=C(NO)c1ccc2ccn(-c3ccccc3)c(=O)c2c1.O=C(NO)c1ccc2ccn(CCCC3CCCCC3)c(=O)c2c1.O=C1Cc2cc(C(=O)NO)ccc2C(=O)N1. The van der Waals surface area contributed by atoms with Crippen LogP contribution in [0.1, 0.15) is 147 Å². The van der Waals surface area contributed by atoms with E-state index in [1.165, 1.54) is 124 Å². The van der Waals surface area contributed by atoms with Gasteiger partial charge in [0.15, 0.2) is 5.78 Å². The first-order chi connectivity index (χ1) is 64.9. The van der Waals surface area contributed by atoms with E-state index in [1.807, 2.05) is 103 Å². The molecular formula is C101H94N12O21. The summed E-state index contributed by atoms with van der Waals surface area (Å²) in [5, 5.41) is 61.8. The number of ketones is 1. The Morgan fingerprint density at radius 1 is 0.440 bits per heavy atom. The van der Waals surface area contributed by atoms with Gasteiger partial charge in [-0.2, -0.15) is 0 Å². The average Bonchev–Trinajstić information content (AvgIpc) is 0.928. The first kappa shape index (κ1) is 95.3. The number of rotatable bonds is 21. The van der Waals surface area contributed by atoms with Crippen LogP contribution in [0.15, 0.2) is 286 Å². The number of fused-ring (bicyclic) bond motifs is 8. The Morgan fingerprint density at radius 2 is 0.903 bits per heavy atom. The number of pyridine rings is 4. The second-order valence-electron chi connectivity index (χ2n) is 31.6. The number of para-hydroxylation sites is 1. The zero-order chi connectivity index (χ0) is 95.1. The minimum absolute atomic E-state index is 0.0492. The van der Waals surface area contributed by atoms with Crippen LogP contribution in [0.2, 0.25) is 0 Å². The molecule has 7 amide bonds. The molecule has 5 aromatic heterocycles. The van der Waals surface area contributed by atoms with Crippen molar-refractivity contribution in [3.63, 3.8) is 0 Å². The van der Waals surface area contributed by atoms with E-state index in [4.69, 9.17) is 40.6 Å². The molecule has 18 rings (SSSR count). The molecule has 0 spiro atoms. The smallest absolute Gasteiger partial charge is 0.274 e. The zero-order valence-corrected chi connectivity index (χ0v) is 72.7. The Hall–Kier alpha value is -16.3. The van der Waals surface area contributed by atoms with Crippen molar-refractivity contribution in [1.82, 2.24) is 60.5 Å². The van der Waals surface area contributed by atoms with Crippen molar-refractivity contribution in [2.24, 2.45) is 13.0 Å². The minimum atomic E-state index is -0.679. The third-order valence-corrected chi connectivity index (χ3v) is 23.2. The van der Waals surface area contributed by atoms with Crippen molar-refractivity contribution < 1.29 is 79.0 Å². The van der Waals surface area contributed by atoms with Crippen LogP contribution in [0.3, 0.4) is 0 Å². The van der Waals surface area contributed by atoms with Crippen molar-refractivity contribution in [3.05, 3.63) is 369 Å². The quantitative estimate of drug-likeness (QED) is 0.0104. The standard InChI is InChI=1S/C24H22N2O5.C22H19NO3.C19H24N2O3.C16H12N2O3.C10H9N3O3.C10H8N2O4/c1-30-20-7-5-18-14-21(8-6-17(18)13-20)31-12-2-10-26-11-9-16-3-4-19(23(27)25-29)15-22(16)24(26)28;24-14-21(25)18-8-7-17-10-12-23(22(26)20(17)13-18)11-9-16-6-5-15-3-1-2-4-19(15)16;22-18(20-24)16-9-8-15-10-12-21(19(23)17(15)13-16)11-4-7-14-5-2-1-3-6-14;19-15(17-21)12-7-6-11-8-9-18(16(20)14(11)10-12)13-4-2-1-3-5-13;1-13-5-11-8-3-2-6(9(14)12-16)4-7(8)10(13)15;13-8-4-6-3-5(9(14)12-16)1-2-7(6)10(15)11-8/h3-9,11,13-15,29H,2,10,12H2,1H3,(H,25,27);1-4,6-8,10,12-13,24H,5,9,11,14H2;8-10,12-14,24H,1-7,11H2,(H,20,22);1-10,21H,(H,17,19);2-5,16H,1H3,(H,12,14);1-3,16H,4H2,(H,12,14)(H,11,13,15).